The number of carbonyl (C=O) groups is 1. The van der Waals surface area contributed by atoms with Gasteiger partial charge in [0.05, 0.1) is 18.8 Å². The Kier molecular flexibility index (Phi) is 3.07. The van der Waals surface area contributed by atoms with Gasteiger partial charge in [-0.3, -0.25) is 4.79 Å². The summed E-state index contributed by atoms with van der Waals surface area (Å²) in [6.45, 7) is 7.97. The van der Waals surface area contributed by atoms with E-state index >= 15 is 0 Å². The van der Waals surface area contributed by atoms with E-state index in [0.717, 1.165) is 0 Å². The number of fused-ring (bicyclic) bond motifs is 2. The van der Waals surface area contributed by atoms with Crippen molar-refractivity contribution in [3.05, 3.63) is 12.2 Å². The number of Topliss-reactive ketones (excluding diaryl/α,β-unsaturated/α-hetero) is 1. The van der Waals surface area contributed by atoms with Gasteiger partial charge >= 0.3 is 0 Å². The second-order valence-corrected chi connectivity index (χ2v) is 9.92. The molecule has 0 aromatic carbocycles. The first-order chi connectivity index (χ1) is 12.1. The van der Waals surface area contributed by atoms with Crippen LogP contribution in [-0.4, -0.2) is 56.9 Å². The maximum Gasteiger partial charge on any atom is 0.208 e. The summed E-state index contributed by atoms with van der Waals surface area (Å²) < 4.78 is 5.85. The molecule has 4 N–H and O–H groups in total. The summed E-state index contributed by atoms with van der Waals surface area (Å²) in [5, 5.41) is 44.6. The monoisotopic (exact) mass is 364 g/mol. The number of hydrogen-bond acceptors (Lipinski definition) is 6. The molecule has 4 bridgehead atoms. The summed E-state index contributed by atoms with van der Waals surface area (Å²) in [5.41, 5.74) is -2.37. The molecule has 6 aliphatic rings. The van der Waals surface area contributed by atoms with Gasteiger partial charge in [-0.05, 0) is 42.6 Å². The smallest absolute Gasteiger partial charge is 0.208 e. The van der Waals surface area contributed by atoms with E-state index in [2.05, 4.69) is 6.58 Å². The average molecular weight is 364 g/mol. The minimum absolute atomic E-state index is 0.241. The van der Waals surface area contributed by atoms with Gasteiger partial charge < -0.3 is 25.2 Å². The van der Waals surface area contributed by atoms with Crippen LogP contribution in [0, 0.1) is 34.0 Å². The van der Waals surface area contributed by atoms with Gasteiger partial charge in [-0.15, -0.1) is 0 Å². The largest absolute Gasteiger partial charge is 0.393 e. The number of aliphatic hydroxyl groups excluding tert-OH is 3. The summed E-state index contributed by atoms with van der Waals surface area (Å²) in [6.07, 6.45) is -0.523. The van der Waals surface area contributed by atoms with E-state index in [-0.39, 0.29) is 24.2 Å². The van der Waals surface area contributed by atoms with Crippen LogP contribution in [0.5, 0.6) is 0 Å². The Morgan fingerprint density at radius 2 is 1.81 bits per heavy atom. The number of ketones is 1. The minimum atomic E-state index is -2.15. The van der Waals surface area contributed by atoms with Gasteiger partial charge in [-0.1, -0.05) is 20.4 Å². The Bertz CT molecular complexity index is 713. The van der Waals surface area contributed by atoms with Crippen LogP contribution in [0.4, 0.5) is 0 Å². The first-order valence-electron chi connectivity index (χ1n) is 9.71. The van der Waals surface area contributed by atoms with Crippen LogP contribution < -0.4 is 0 Å². The summed E-state index contributed by atoms with van der Waals surface area (Å²) in [5.74, 6) is -3.56. The highest BCUT2D eigenvalue weighted by Gasteiger charge is 2.86. The molecule has 144 valence electrons. The lowest BCUT2D eigenvalue weighted by Gasteiger charge is -2.74. The Morgan fingerprint density at radius 1 is 1.12 bits per heavy atom. The first-order valence-corrected chi connectivity index (χ1v) is 9.71. The Hall–Kier alpha value is -0.790. The fourth-order valence-corrected chi connectivity index (χ4v) is 7.89. The van der Waals surface area contributed by atoms with Crippen molar-refractivity contribution in [1.29, 1.82) is 0 Å². The molecule has 0 aromatic heterocycles. The normalized spacial score (nSPS) is 59.9. The van der Waals surface area contributed by atoms with E-state index < -0.39 is 46.3 Å². The molecule has 2 spiro atoms. The molecule has 26 heavy (non-hydrogen) atoms. The molecule has 6 rings (SSSR count). The quantitative estimate of drug-likeness (QED) is 0.463. The van der Waals surface area contributed by atoms with Crippen LogP contribution in [-0.2, 0) is 9.53 Å². The molecule has 9 atom stereocenters. The molecule has 6 nitrogen and oxygen atoms in total. The Balaban J connectivity index is 1.78. The fourth-order valence-electron chi connectivity index (χ4n) is 7.89. The predicted molar refractivity (Wildman–Crippen MR) is 90.7 cm³/mol. The van der Waals surface area contributed by atoms with Crippen molar-refractivity contribution in [3.8, 4) is 0 Å². The summed E-state index contributed by atoms with van der Waals surface area (Å²) >= 11 is 0. The van der Waals surface area contributed by atoms with Gasteiger partial charge in [-0.2, -0.15) is 0 Å². The van der Waals surface area contributed by atoms with Crippen LogP contribution in [0.25, 0.3) is 0 Å². The highest BCUT2D eigenvalue weighted by atomic mass is 16.6. The number of carbonyl (C=O) groups excluding carboxylic acids is 1. The lowest BCUT2D eigenvalue weighted by molar-refractivity contribution is -0.452. The average Bonchev–Trinajstić information content (AvgIpc) is 2.69. The highest BCUT2D eigenvalue weighted by Crippen LogP contribution is 2.76. The van der Waals surface area contributed by atoms with E-state index in [0.29, 0.717) is 31.3 Å². The predicted octanol–water partition coefficient (Wildman–Crippen LogP) is 0.376. The van der Waals surface area contributed by atoms with Crippen molar-refractivity contribution in [2.24, 2.45) is 34.0 Å². The zero-order valence-corrected chi connectivity index (χ0v) is 15.3. The van der Waals surface area contributed by atoms with Crippen LogP contribution >= 0.6 is 0 Å². The Morgan fingerprint density at radius 3 is 2.50 bits per heavy atom. The molecule has 6 fully saturated rings. The summed E-state index contributed by atoms with van der Waals surface area (Å²) in [4.78, 5) is 13.3. The van der Waals surface area contributed by atoms with Gasteiger partial charge in [0.15, 0.2) is 5.78 Å². The van der Waals surface area contributed by atoms with E-state index in [1.807, 2.05) is 13.8 Å². The molecule has 4 aliphatic carbocycles. The van der Waals surface area contributed by atoms with Crippen molar-refractivity contribution < 1.29 is 30.0 Å². The van der Waals surface area contributed by atoms with Crippen molar-refractivity contribution in [1.82, 2.24) is 0 Å². The zero-order valence-electron chi connectivity index (χ0n) is 15.3. The third-order valence-corrected chi connectivity index (χ3v) is 9.01. The van der Waals surface area contributed by atoms with Crippen LogP contribution in [0.3, 0.4) is 0 Å². The number of hydrogen-bond donors (Lipinski definition) is 4. The van der Waals surface area contributed by atoms with Crippen LogP contribution in [0.15, 0.2) is 12.2 Å². The van der Waals surface area contributed by atoms with Crippen LogP contribution in [0.2, 0.25) is 0 Å². The van der Waals surface area contributed by atoms with Gasteiger partial charge in [0.1, 0.15) is 11.5 Å². The summed E-state index contributed by atoms with van der Waals surface area (Å²) in [6, 6.07) is 0. The number of rotatable bonds is 0. The highest BCUT2D eigenvalue weighted by molar-refractivity contribution is 6.05. The first kappa shape index (κ1) is 17.3. The lowest BCUT2D eigenvalue weighted by atomic mass is 9.36. The van der Waals surface area contributed by atoms with Crippen molar-refractivity contribution in [2.75, 3.05) is 6.61 Å². The third-order valence-electron chi connectivity index (χ3n) is 9.01. The minimum Gasteiger partial charge on any atom is -0.393 e. The van der Waals surface area contributed by atoms with E-state index in [1.165, 1.54) is 0 Å². The SMILES string of the molecule is C=C1C(=O)C23C(O)C1CCC2C12CCC(O)C(C)(C)C1C(O)C3(O)OC2. The molecule has 0 amide bonds. The second kappa shape index (κ2) is 4.61. The Labute approximate surface area is 152 Å². The zero-order chi connectivity index (χ0) is 18.9. The van der Waals surface area contributed by atoms with Crippen LogP contribution in [0.1, 0.15) is 39.5 Å². The van der Waals surface area contributed by atoms with Gasteiger partial charge in [0.2, 0.25) is 5.79 Å². The van der Waals surface area contributed by atoms with Crippen molar-refractivity contribution in [2.45, 2.75) is 63.6 Å². The van der Waals surface area contributed by atoms with Gasteiger partial charge in [0.25, 0.3) is 0 Å². The summed E-state index contributed by atoms with van der Waals surface area (Å²) in [7, 11) is 0. The molecule has 9 unspecified atom stereocenters. The van der Waals surface area contributed by atoms with Crippen molar-refractivity contribution in [3.63, 3.8) is 0 Å². The van der Waals surface area contributed by atoms with Gasteiger partial charge in [0, 0.05) is 17.3 Å². The van der Waals surface area contributed by atoms with Crippen molar-refractivity contribution >= 4 is 5.78 Å². The number of aliphatic hydroxyl groups is 4. The molecule has 6 heteroatoms. The molecule has 2 saturated heterocycles. The third kappa shape index (κ3) is 1.41. The molecule has 4 saturated carbocycles. The van der Waals surface area contributed by atoms with E-state index in [4.69, 9.17) is 4.74 Å². The molecular weight excluding hydrogens is 336 g/mol. The second-order valence-electron chi connectivity index (χ2n) is 9.92. The molecule has 0 radical (unpaired) electrons. The topological polar surface area (TPSA) is 107 Å². The fraction of sp³-hybridized carbons (Fsp3) is 0.850. The standard InChI is InChI=1S/C20H28O6/c1-9-10-4-5-11-18-7-6-12(21)17(2,3)13(18)16(24)20(25,26-8-18)19(11,14(9)22)15(10)23/h10-13,15-16,21,23-25H,1,4-8H2,2-3H3. The van der Waals surface area contributed by atoms with E-state index in [1.54, 1.807) is 0 Å². The van der Waals surface area contributed by atoms with Gasteiger partial charge in [-0.25, -0.2) is 0 Å². The molecular formula is C20H28O6. The van der Waals surface area contributed by atoms with E-state index in [9.17, 15) is 25.2 Å². The maximum absolute atomic E-state index is 13.3. The maximum atomic E-state index is 13.3. The number of ether oxygens (including phenoxy) is 1. The molecule has 0 aromatic rings. The molecule has 2 heterocycles. The molecule has 2 aliphatic heterocycles. The lowest BCUT2D eigenvalue weighted by Crippen LogP contribution is -2.84.